The summed E-state index contributed by atoms with van der Waals surface area (Å²) >= 11 is 0. The average molecular weight is 289 g/mol. The number of aliphatic hydroxyl groups excluding tert-OH is 1. The first-order chi connectivity index (χ1) is 10.0. The van der Waals surface area contributed by atoms with E-state index < -0.39 is 11.0 Å². The highest BCUT2D eigenvalue weighted by Gasteiger charge is 2.13. The Morgan fingerprint density at radius 1 is 1.14 bits per heavy atom. The van der Waals surface area contributed by atoms with Crippen LogP contribution < -0.4 is 9.47 Å². The van der Waals surface area contributed by atoms with Crippen LogP contribution in [0.1, 0.15) is 18.6 Å². The van der Waals surface area contributed by atoms with Gasteiger partial charge >= 0.3 is 0 Å². The molecule has 6 heteroatoms. The molecule has 2 aromatic rings. The Bertz CT molecular complexity index is 637. The molecule has 0 heterocycles. The topological polar surface area (TPSA) is 81.8 Å². The fourth-order valence-corrected chi connectivity index (χ4v) is 1.80. The fraction of sp³-hybridized carbons (Fsp3) is 0.200. The number of ether oxygens (including phenoxy) is 2. The van der Waals surface area contributed by atoms with Crippen molar-refractivity contribution in [3.05, 3.63) is 58.1 Å². The highest BCUT2D eigenvalue weighted by molar-refractivity contribution is 5.50. The fourth-order valence-electron chi connectivity index (χ4n) is 1.80. The highest BCUT2D eigenvalue weighted by Crippen LogP contribution is 2.34. The largest absolute Gasteiger partial charge is 0.493 e. The van der Waals surface area contributed by atoms with Gasteiger partial charge in [-0.15, -0.1) is 0 Å². The molecule has 0 saturated carbocycles. The van der Waals surface area contributed by atoms with Crippen molar-refractivity contribution < 1.29 is 19.5 Å². The lowest BCUT2D eigenvalue weighted by Crippen LogP contribution is -1.94. The van der Waals surface area contributed by atoms with E-state index in [1.807, 2.05) is 0 Å². The molecule has 0 aromatic heterocycles. The third-order valence-corrected chi connectivity index (χ3v) is 2.95. The summed E-state index contributed by atoms with van der Waals surface area (Å²) < 4.78 is 10.7. The van der Waals surface area contributed by atoms with Crippen molar-refractivity contribution in [2.75, 3.05) is 7.11 Å². The SMILES string of the molecule is COc1ccc([N+](=O)[O-])cc1Oc1ccc([C@H](C)O)cc1. The van der Waals surface area contributed by atoms with E-state index >= 15 is 0 Å². The quantitative estimate of drug-likeness (QED) is 0.673. The van der Waals surface area contributed by atoms with Crippen LogP contribution in [0.3, 0.4) is 0 Å². The molecule has 0 aliphatic carbocycles. The summed E-state index contributed by atoms with van der Waals surface area (Å²) in [4.78, 5) is 10.3. The summed E-state index contributed by atoms with van der Waals surface area (Å²) in [7, 11) is 1.46. The molecule has 2 aromatic carbocycles. The zero-order valence-corrected chi connectivity index (χ0v) is 11.6. The molecule has 0 unspecified atom stereocenters. The lowest BCUT2D eigenvalue weighted by atomic mass is 10.1. The van der Waals surface area contributed by atoms with Crippen molar-refractivity contribution in [1.82, 2.24) is 0 Å². The van der Waals surface area contributed by atoms with Gasteiger partial charge in [0.25, 0.3) is 5.69 Å². The van der Waals surface area contributed by atoms with Gasteiger partial charge in [-0.1, -0.05) is 12.1 Å². The van der Waals surface area contributed by atoms with E-state index in [0.717, 1.165) is 5.56 Å². The van der Waals surface area contributed by atoms with Gasteiger partial charge in [0.15, 0.2) is 11.5 Å². The third-order valence-electron chi connectivity index (χ3n) is 2.95. The van der Waals surface area contributed by atoms with Gasteiger partial charge in [-0.05, 0) is 30.7 Å². The van der Waals surface area contributed by atoms with Crippen LogP contribution in [0.5, 0.6) is 17.2 Å². The molecule has 1 atom stereocenters. The molecule has 0 amide bonds. The van der Waals surface area contributed by atoms with Gasteiger partial charge in [0.2, 0.25) is 0 Å². The molecule has 2 rings (SSSR count). The molecule has 21 heavy (non-hydrogen) atoms. The lowest BCUT2D eigenvalue weighted by Gasteiger charge is -2.11. The van der Waals surface area contributed by atoms with Crippen LogP contribution in [0.2, 0.25) is 0 Å². The van der Waals surface area contributed by atoms with Crippen LogP contribution in [0.4, 0.5) is 5.69 Å². The van der Waals surface area contributed by atoms with Gasteiger partial charge in [-0.3, -0.25) is 10.1 Å². The summed E-state index contributed by atoms with van der Waals surface area (Å²) in [6.07, 6.45) is -0.564. The maximum Gasteiger partial charge on any atom is 0.273 e. The molecule has 0 radical (unpaired) electrons. The molecule has 0 bridgehead atoms. The Balaban J connectivity index is 2.29. The minimum absolute atomic E-state index is 0.0774. The summed E-state index contributed by atoms with van der Waals surface area (Å²) in [5.41, 5.74) is 0.680. The normalized spacial score (nSPS) is 11.8. The van der Waals surface area contributed by atoms with Gasteiger partial charge in [-0.25, -0.2) is 0 Å². The van der Waals surface area contributed by atoms with E-state index in [9.17, 15) is 15.2 Å². The number of methoxy groups -OCH3 is 1. The minimum atomic E-state index is -0.564. The predicted molar refractivity (Wildman–Crippen MR) is 76.8 cm³/mol. The van der Waals surface area contributed by atoms with Crippen LogP contribution in [0.25, 0.3) is 0 Å². The molecule has 0 aliphatic heterocycles. The number of non-ortho nitro benzene ring substituents is 1. The molecular formula is C15H15NO5. The molecule has 0 fully saturated rings. The van der Waals surface area contributed by atoms with Crippen molar-refractivity contribution in [3.63, 3.8) is 0 Å². The van der Waals surface area contributed by atoms with E-state index in [2.05, 4.69) is 0 Å². The van der Waals surface area contributed by atoms with E-state index in [1.165, 1.54) is 25.3 Å². The van der Waals surface area contributed by atoms with Crippen LogP contribution >= 0.6 is 0 Å². The smallest absolute Gasteiger partial charge is 0.273 e. The molecule has 1 N–H and O–H groups in total. The van der Waals surface area contributed by atoms with Crippen molar-refractivity contribution in [3.8, 4) is 17.2 Å². The molecule has 0 aliphatic rings. The second-order valence-corrected chi connectivity index (χ2v) is 4.44. The second kappa shape index (κ2) is 6.23. The van der Waals surface area contributed by atoms with E-state index in [4.69, 9.17) is 9.47 Å². The van der Waals surface area contributed by atoms with E-state index in [-0.39, 0.29) is 11.4 Å². The van der Waals surface area contributed by atoms with Gasteiger partial charge in [0.1, 0.15) is 5.75 Å². The Morgan fingerprint density at radius 3 is 2.33 bits per heavy atom. The van der Waals surface area contributed by atoms with Crippen LogP contribution in [-0.2, 0) is 0 Å². The average Bonchev–Trinajstić information content (AvgIpc) is 2.47. The van der Waals surface area contributed by atoms with Crippen molar-refractivity contribution >= 4 is 5.69 Å². The Morgan fingerprint density at radius 2 is 1.81 bits per heavy atom. The zero-order valence-electron chi connectivity index (χ0n) is 11.6. The van der Waals surface area contributed by atoms with Gasteiger partial charge < -0.3 is 14.6 Å². The predicted octanol–water partition coefficient (Wildman–Crippen LogP) is 3.45. The third kappa shape index (κ3) is 3.49. The molecule has 0 saturated heterocycles. The number of nitro benzene ring substituents is 1. The first-order valence-electron chi connectivity index (χ1n) is 6.29. The summed E-state index contributed by atoms with van der Waals surface area (Å²) in [5, 5.41) is 20.3. The highest BCUT2D eigenvalue weighted by atomic mass is 16.6. The standard InChI is InChI=1S/C15H15NO5/c1-10(17)11-3-6-13(7-4-11)21-15-9-12(16(18)19)5-8-14(15)20-2/h3-10,17H,1-2H3/t10-/m0/s1. The monoisotopic (exact) mass is 289 g/mol. The Hall–Kier alpha value is -2.60. The number of aliphatic hydroxyl groups is 1. The van der Waals surface area contributed by atoms with Gasteiger partial charge in [-0.2, -0.15) is 0 Å². The maximum absolute atomic E-state index is 10.8. The number of hydrogen-bond donors (Lipinski definition) is 1. The number of hydrogen-bond acceptors (Lipinski definition) is 5. The van der Waals surface area contributed by atoms with Crippen molar-refractivity contribution in [2.45, 2.75) is 13.0 Å². The second-order valence-electron chi connectivity index (χ2n) is 4.44. The van der Waals surface area contributed by atoms with Crippen LogP contribution in [0.15, 0.2) is 42.5 Å². The van der Waals surface area contributed by atoms with E-state index in [0.29, 0.717) is 11.5 Å². The van der Waals surface area contributed by atoms with E-state index in [1.54, 1.807) is 31.2 Å². The van der Waals surface area contributed by atoms with Gasteiger partial charge in [0, 0.05) is 6.07 Å². The first kappa shape index (κ1) is 14.8. The van der Waals surface area contributed by atoms with Gasteiger partial charge in [0.05, 0.1) is 24.2 Å². The number of benzene rings is 2. The minimum Gasteiger partial charge on any atom is -0.493 e. The van der Waals surface area contributed by atoms with Crippen LogP contribution in [0, 0.1) is 10.1 Å². The molecular weight excluding hydrogens is 274 g/mol. The van der Waals surface area contributed by atoms with Crippen molar-refractivity contribution in [1.29, 1.82) is 0 Å². The number of nitrogens with zero attached hydrogens (tertiary/aromatic N) is 1. The molecule has 0 spiro atoms. The Labute approximate surface area is 121 Å². The number of nitro groups is 1. The number of rotatable bonds is 5. The van der Waals surface area contributed by atoms with Crippen molar-refractivity contribution in [2.24, 2.45) is 0 Å². The Kier molecular flexibility index (Phi) is 4.39. The first-order valence-corrected chi connectivity index (χ1v) is 6.29. The molecule has 110 valence electrons. The summed E-state index contributed by atoms with van der Waals surface area (Å²) in [6.45, 7) is 1.67. The maximum atomic E-state index is 10.8. The van der Waals surface area contributed by atoms with Crippen LogP contribution in [-0.4, -0.2) is 17.1 Å². The summed E-state index contributed by atoms with van der Waals surface area (Å²) in [5.74, 6) is 1.16. The lowest BCUT2D eigenvalue weighted by molar-refractivity contribution is -0.384. The zero-order chi connectivity index (χ0) is 15.4. The molecule has 6 nitrogen and oxygen atoms in total. The summed E-state index contributed by atoms with van der Waals surface area (Å²) in [6, 6.07) is 11.0.